The lowest BCUT2D eigenvalue weighted by Gasteiger charge is -2.35. The topological polar surface area (TPSA) is 79.6 Å². The van der Waals surface area contributed by atoms with Crippen molar-refractivity contribution in [2.45, 2.75) is 51.6 Å². The molecule has 1 unspecified atom stereocenters. The molecule has 0 aromatic carbocycles. The van der Waals surface area contributed by atoms with Gasteiger partial charge in [-0.15, -0.1) is 0 Å². The Hall–Kier alpha value is -1.63. The second-order valence-corrected chi connectivity index (χ2v) is 6.22. The van der Waals surface area contributed by atoms with E-state index < -0.39 is 5.97 Å². The maximum atomic E-state index is 12.4. The number of carbonyl (C=O) groups excluding carboxylic acids is 1. The van der Waals surface area contributed by atoms with Gasteiger partial charge in [-0.2, -0.15) is 0 Å². The molecule has 1 atom stereocenters. The van der Waals surface area contributed by atoms with Crippen LogP contribution in [-0.2, 0) is 16.1 Å². The molecule has 2 heterocycles. The molecular formula is C14H20N2O4S. The van der Waals surface area contributed by atoms with Crippen LogP contribution in [0.3, 0.4) is 0 Å². The van der Waals surface area contributed by atoms with Crippen LogP contribution in [0.25, 0.3) is 0 Å². The summed E-state index contributed by atoms with van der Waals surface area (Å²) in [6.07, 6.45) is 3.36. The number of aliphatic carboxylic acids is 1. The standard InChI is InChI=1S/C14H20N2O4S/c1-10-9-21-14(20)16(10)8-12(17)15-7-3-2-4-11(15)5-6-13(18)19/h9,11H,2-8H2,1H3,(H,18,19). The second-order valence-electron chi connectivity index (χ2n) is 5.40. The Morgan fingerprint density at radius 2 is 2.19 bits per heavy atom. The number of carboxylic acids is 1. The van der Waals surface area contributed by atoms with Crippen LogP contribution >= 0.6 is 11.3 Å². The molecule has 2 rings (SSSR count). The average Bonchev–Trinajstić information content (AvgIpc) is 2.77. The number of hydrogen-bond acceptors (Lipinski definition) is 4. The van der Waals surface area contributed by atoms with Crippen LogP contribution in [0.2, 0.25) is 0 Å². The number of thiazole rings is 1. The van der Waals surface area contributed by atoms with Gasteiger partial charge in [0.05, 0.1) is 0 Å². The number of aromatic nitrogens is 1. The minimum absolute atomic E-state index is 0.0167. The molecule has 1 saturated heterocycles. The van der Waals surface area contributed by atoms with Gasteiger partial charge in [-0.25, -0.2) is 0 Å². The van der Waals surface area contributed by atoms with Crippen molar-refractivity contribution in [1.82, 2.24) is 9.47 Å². The fourth-order valence-electron chi connectivity index (χ4n) is 2.74. The van der Waals surface area contributed by atoms with Crippen molar-refractivity contribution < 1.29 is 14.7 Å². The molecule has 1 aromatic rings. The Labute approximate surface area is 127 Å². The fraction of sp³-hybridized carbons (Fsp3) is 0.643. The monoisotopic (exact) mass is 312 g/mol. The lowest BCUT2D eigenvalue weighted by Crippen LogP contribution is -2.46. The van der Waals surface area contributed by atoms with E-state index in [4.69, 9.17) is 5.11 Å². The molecule has 116 valence electrons. The smallest absolute Gasteiger partial charge is 0.307 e. The van der Waals surface area contributed by atoms with Gasteiger partial charge in [0, 0.05) is 30.1 Å². The third kappa shape index (κ3) is 3.93. The molecule has 7 heteroatoms. The number of piperidine rings is 1. The first kappa shape index (κ1) is 15.8. The minimum Gasteiger partial charge on any atom is -0.481 e. The SMILES string of the molecule is Cc1csc(=O)n1CC(=O)N1CCCCC1CCC(=O)O. The van der Waals surface area contributed by atoms with Crippen LogP contribution in [0, 0.1) is 6.92 Å². The van der Waals surface area contributed by atoms with E-state index in [0.717, 1.165) is 36.3 Å². The van der Waals surface area contributed by atoms with Crippen molar-refractivity contribution in [3.63, 3.8) is 0 Å². The Kier molecular flexibility index (Phi) is 5.17. The second kappa shape index (κ2) is 6.89. The van der Waals surface area contributed by atoms with Crippen LogP contribution in [0.4, 0.5) is 0 Å². The Balaban J connectivity index is 2.04. The van der Waals surface area contributed by atoms with Crippen molar-refractivity contribution in [1.29, 1.82) is 0 Å². The van der Waals surface area contributed by atoms with Crippen molar-refractivity contribution in [3.8, 4) is 0 Å². The van der Waals surface area contributed by atoms with E-state index in [1.807, 2.05) is 6.92 Å². The van der Waals surface area contributed by atoms with E-state index in [1.165, 1.54) is 4.57 Å². The van der Waals surface area contributed by atoms with Gasteiger partial charge in [0.25, 0.3) is 0 Å². The summed E-state index contributed by atoms with van der Waals surface area (Å²) in [6, 6.07) is -0.0167. The number of amides is 1. The predicted molar refractivity (Wildman–Crippen MR) is 79.5 cm³/mol. The summed E-state index contributed by atoms with van der Waals surface area (Å²) in [7, 11) is 0. The molecule has 1 aliphatic heterocycles. The summed E-state index contributed by atoms with van der Waals surface area (Å²) >= 11 is 1.09. The molecule has 6 nitrogen and oxygen atoms in total. The zero-order valence-corrected chi connectivity index (χ0v) is 12.9. The highest BCUT2D eigenvalue weighted by atomic mass is 32.1. The van der Waals surface area contributed by atoms with Crippen LogP contribution in [0.1, 0.15) is 37.8 Å². The quantitative estimate of drug-likeness (QED) is 0.893. The average molecular weight is 312 g/mol. The van der Waals surface area contributed by atoms with Gasteiger partial charge in [-0.1, -0.05) is 11.3 Å². The molecule has 1 aliphatic rings. The van der Waals surface area contributed by atoms with Crippen molar-refractivity contribution >= 4 is 23.2 Å². The summed E-state index contributed by atoms with van der Waals surface area (Å²) in [4.78, 5) is 36.5. The van der Waals surface area contributed by atoms with Crippen LogP contribution in [0.5, 0.6) is 0 Å². The summed E-state index contributed by atoms with van der Waals surface area (Å²) in [5, 5.41) is 10.5. The maximum Gasteiger partial charge on any atom is 0.307 e. The van der Waals surface area contributed by atoms with E-state index >= 15 is 0 Å². The first-order valence-electron chi connectivity index (χ1n) is 7.15. The first-order chi connectivity index (χ1) is 9.99. The zero-order valence-electron chi connectivity index (χ0n) is 12.1. The summed E-state index contributed by atoms with van der Waals surface area (Å²) in [5.41, 5.74) is 0.789. The molecule has 21 heavy (non-hydrogen) atoms. The third-order valence-corrected chi connectivity index (χ3v) is 4.79. The Morgan fingerprint density at radius 3 is 2.81 bits per heavy atom. The highest BCUT2D eigenvalue weighted by Crippen LogP contribution is 2.21. The summed E-state index contributed by atoms with van der Waals surface area (Å²) in [5.74, 6) is -0.924. The first-order valence-corrected chi connectivity index (χ1v) is 8.03. The van der Waals surface area contributed by atoms with E-state index in [-0.39, 0.29) is 29.8 Å². The number of likely N-dealkylation sites (tertiary alicyclic amines) is 1. The normalized spacial score (nSPS) is 18.7. The van der Waals surface area contributed by atoms with E-state index in [1.54, 1.807) is 10.3 Å². The molecule has 0 saturated carbocycles. The van der Waals surface area contributed by atoms with Crippen molar-refractivity contribution in [3.05, 3.63) is 20.7 Å². The molecule has 1 amide bonds. The Bertz CT molecular complexity index is 578. The van der Waals surface area contributed by atoms with Gasteiger partial charge in [0.1, 0.15) is 6.54 Å². The van der Waals surface area contributed by atoms with Crippen LogP contribution in [-0.4, -0.2) is 39.0 Å². The molecule has 1 N–H and O–H groups in total. The zero-order chi connectivity index (χ0) is 15.4. The molecule has 0 aliphatic carbocycles. The van der Waals surface area contributed by atoms with Gasteiger partial charge in [-0.3, -0.25) is 19.0 Å². The highest BCUT2D eigenvalue weighted by Gasteiger charge is 2.27. The number of hydrogen-bond donors (Lipinski definition) is 1. The maximum absolute atomic E-state index is 12.4. The third-order valence-electron chi connectivity index (χ3n) is 3.91. The van der Waals surface area contributed by atoms with Gasteiger partial charge in [0.15, 0.2) is 0 Å². The summed E-state index contributed by atoms with van der Waals surface area (Å²) < 4.78 is 1.48. The number of aryl methyl sites for hydroxylation is 1. The molecule has 0 spiro atoms. The molecule has 0 bridgehead atoms. The fourth-order valence-corrected chi connectivity index (χ4v) is 3.48. The number of rotatable bonds is 5. The molecule has 1 fully saturated rings. The number of carbonyl (C=O) groups is 2. The minimum atomic E-state index is -0.835. The molecule has 1 aromatic heterocycles. The largest absolute Gasteiger partial charge is 0.481 e. The summed E-state index contributed by atoms with van der Waals surface area (Å²) in [6.45, 7) is 2.52. The van der Waals surface area contributed by atoms with Gasteiger partial charge in [0.2, 0.25) is 5.91 Å². The lowest BCUT2D eigenvalue weighted by molar-refractivity contribution is -0.140. The van der Waals surface area contributed by atoms with E-state index in [0.29, 0.717) is 13.0 Å². The number of nitrogens with zero attached hydrogens (tertiary/aromatic N) is 2. The lowest BCUT2D eigenvalue weighted by atomic mass is 9.98. The van der Waals surface area contributed by atoms with Gasteiger partial charge >= 0.3 is 10.8 Å². The molecular weight excluding hydrogens is 292 g/mol. The molecule has 0 radical (unpaired) electrons. The predicted octanol–water partition coefficient (Wildman–Crippen LogP) is 1.46. The highest BCUT2D eigenvalue weighted by molar-refractivity contribution is 7.07. The van der Waals surface area contributed by atoms with Gasteiger partial charge in [-0.05, 0) is 32.6 Å². The van der Waals surface area contributed by atoms with Crippen molar-refractivity contribution in [2.75, 3.05) is 6.54 Å². The Morgan fingerprint density at radius 1 is 1.43 bits per heavy atom. The van der Waals surface area contributed by atoms with Crippen LogP contribution in [0.15, 0.2) is 10.2 Å². The van der Waals surface area contributed by atoms with Crippen molar-refractivity contribution in [2.24, 2.45) is 0 Å². The number of carboxylic acid groups (broad SMARTS) is 1. The van der Waals surface area contributed by atoms with E-state index in [2.05, 4.69) is 0 Å². The van der Waals surface area contributed by atoms with Crippen LogP contribution < -0.4 is 4.87 Å². The van der Waals surface area contributed by atoms with Gasteiger partial charge < -0.3 is 10.0 Å². The van der Waals surface area contributed by atoms with E-state index in [9.17, 15) is 14.4 Å².